The van der Waals surface area contributed by atoms with Crippen LogP contribution in [0.1, 0.15) is 18.8 Å². The van der Waals surface area contributed by atoms with E-state index < -0.39 is 0 Å². The highest BCUT2D eigenvalue weighted by molar-refractivity contribution is 5.92. The molecule has 0 aromatic heterocycles. The van der Waals surface area contributed by atoms with Gasteiger partial charge in [-0.15, -0.1) is 0 Å². The summed E-state index contributed by atoms with van der Waals surface area (Å²) >= 11 is 0. The van der Waals surface area contributed by atoms with E-state index in [9.17, 15) is 4.79 Å². The maximum Gasteiger partial charge on any atom is 0.228 e. The Bertz CT molecular complexity index is 430. The molecule has 2 rings (SSSR count). The highest BCUT2D eigenvalue weighted by Crippen LogP contribution is 2.25. The van der Waals surface area contributed by atoms with Crippen LogP contribution in [-0.4, -0.2) is 32.7 Å². The summed E-state index contributed by atoms with van der Waals surface area (Å²) in [6.45, 7) is 3.76. The molecule has 1 heterocycles. The molecule has 1 fully saturated rings. The number of carbonyl (C=O) groups is 1. The van der Waals surface area contributed by atoms with Crippen molar-refractivity contribution in [2.75, 3.05) is 32.1 Å². The molecule has 1 aromatic rings. The Morgan fingerprint density at radius 2 is 2.16 bits per heavy atom. The third-order valence-electron chi connectivity index (χ3n) is 3.01. The van der Waals surface area contributed by atoms with E-state index in [1.165, 1.54) is 0 Å². The third kappa shape index (κ3) is 3.76. The summed E-state index contributed by atoms with van der Waals surface area (Å²) in [4.78, 5) is 11.9. The molecule has 1 aromatic carbocycles. The lowest BCUT2D eigenvalue weighted by molar-refractivity contribution is -0.119. The number of ether oxygens (including phenoxy) is 2. The monoisotopic (exact) mass is 264 g/mol. The average Bonchev–Trinajstić information content (AvgIpc) is 2.93. The highest BCUT2D eigenvalue weighted by Gasteiger charge is 2.19. The van der Waals surface area contributed by atoms with E-state index in [4.69, 9.17) is 9.47 Å². The number of amides is 1. The second-order valence-corrected chi connectivity index (χ2v) is 4.65. The van der Waals surface area contributed by atoms with Gasteiger partial charge in [-0.3, -0.25) is 4.79 Å². The molecule has 1 atom stereocenters. The number of hydrogen-bond donors (Lipinski definition) is 2. The van der Waals surface area contributed by atoms with E-state index in [0.717, 1.165) is 11.3 Å². The molecular weight excluding hydrogens is 244 g/mol. The smallest absolute Gasteiger partial charge is 0.228 e. The van der Waals surface area contributed by atoms with Crippen molar-refractivity contribution in [2.24, 2.45) is 5.92 Å². The fourth-order valence-corrected chi connectivity index (χ4v) is 1.98. The fraction of sp³-hybridized carbons (Fsp3) is 0.500. The van der Waals surface area contributed by atoms with Crippen molar-refractivity contribution in [3.8, 4) is 0 Å². The Kier molecular flexibility index (Phi) is 4.90. The molecular formula is C14H20N2O3. The predicted molar refractivity (Wildman–Crippen MR) is 72.8 cm³/mol. The van der Waals surface area contributed by atoms with Crippen molar-refractivity contribution in [1.29, 1.82) is 0 Å². The second kappa shape index (κ2) is 6.65. The SMILES string of the molecule is CNCC(C)C(=O)Nc1cccc(C2OCCO2)c1. The Balaban J connectivity index is 2.00. The third-order valence-corrected chi connectivity index (χ3v) is 3.01. The molecule has 0 saturated carbocycles. The number of benzene rings is 1. The normalized spacial score (nSPS) is 17.4. The number of anilines is 1. The standard InChI is InChI=1S/C14H20N2O3/c1-10(9-15-2)13(17)16-12-5-3-4-11(8-12)14-18-6-7-19-14/h3-5,8,10,14-15H,6-7,9H2,1-2H3,(H,16,17). The summed E-state index contributed by atoms with van der Waals surface area (Å²) < 4.78 is 10.9. The Morgan fingerprint density at radius 1 is 1.42 bits per heavy atom. The quantitative estimate of drug-likeness (QED) is 0.846. The van der Waals surface area contributed by atoms with Gasteiger partial charge in [0.1, 0.15) is 0 Å². The van der Waals surface area contributed by atoms with Crippen LogP contribution in [0.2, 0.25) is 0 Å². The molecule has 1 saturated heterocycles. The van der Waals surface area contributed by atoms with Crippen molar-refractivity contribution in [2.45, 2.75) is 13.2 Å². The molecule has 104 valence electrons. The average molecular weight is 264 g/mol. The van der Waals surface area contributed by atoms with Crippen LogP contribution in [0.4, 0.5) is 5.69 Å². The predicted octanol–water partition coefficient (Wildman–Crippen LogP) is 1.53. The van der Waals surface area contributed by atoms with Crippen LogP contribution in [0.15, 0.2) is 24.3 Å². The topological polar surface area (TPSA) is 59.6 Å². The molecule has 0 aliphatic carbocycles. The van der Waals surface area contributed by atoms with Crippen molar-refractivity contribution in [1.82, 2.24) is 5.32 Å². The van der Waals surface area contributed by atoms with Gasteiger partial charge in [0.25, 0.3) is 0 Å². The molecule has 1 aliphatic heterocycles. The first-order chi connectivity index (χ1) is 9.20. The summed E-state index contributed by atoms with van der Waals surface area (Å²) in [6, 6.07) is 7.57. The van der Waals surface area contributed by atoms with Crippen LogP contribution < -0.4 is 10.6 Å². The van der Waals surface area contributed by atoms with Crippen LogP contribution in [0.5, 0.6) is 0 Å². The van der Waals surface area contributed by atoms with Crippen molar-refractivity contribution < 1.29 is 14.3 Å². The van der Waals surface area contributed by atoms with Gasteiger partial charge >= 0.3 is 0 Å². The summed E-state index contributed by atoms with van der Waals surface area (Å²) in [7, 11) is 1.83. The van der Waals surface area contributed by atoms with Crippen LogP contribution >= 0.6 is 0 Å². The summed E-state index contributed by atoms with van der Waals surface area (Å²) in [5.74, 6) is -0.0765. The Labute approximate surface area is 113 Å². The molecule has 1 aliphatic rings. The second-order valence-electron chi connectivity index (χ2n) is 4.65. The molecule has 1 unspecified atom stereocenters. The summed E-state index contributed by atoms with van der Waals surface area (Å²) in [6.07, 6.45) is -0.313. The van der Waals surface area contributed by atoms with E-state index in [2.05, 4.69) is 10.6 Å². The maximum absolute atomic E-state index is 11.9. The largest absolute Gasteiger partial charge is 0.346 e. The van der Waals surface area contributed by atoms with Crippen LogP contribution in [-0.2, 0) is 14.3 Å². The molecule has 2 N–H and O–H groups in total. The van der Waals surface area contributed by atoms with Gasteiger partial charge in [-0.05, 0) is 19.2 Å². The molecule has 1 amide bonds. The number of hydrogen-bond acceptors (Lipinski definition) is 4. The summed E-state index contributed by atoms with van der Waals surface area (Å²) in [5, 5.41) is 5.89. The van der Waals surface area contributed by atoms with Crippen LogP contribution in [0.25, 0.3) is 0 Å². The van der Waals surface area contributed by atoms with Gasteiger partial charge in [-0.1, -0.05) is 19.1 Å². The molecule has 0 spiro atoms. The Hall–Kier alpha value is -1.43. The number of nitrogens with one attached hydrogen (secondary N) is 2. The first kappa shape index (κ1) is 14.0. The van der Waals surface area contributed by atoms with Gasteiger partial charge in [0.05, 0.1) is 13.2 Å². The van der Waals surface area contributed by atoms with Gasteiger partial charge in [0.2, 0.25) is 5.91 Å². The highest BCUT2D eigenvalue weighted by atomic mass is 16.7. The first-order valence-corrected chi connectivity index (χ1v) is 6.49. The summed E-state index contributed by atoms with van der Waals surface area (Å²) in [5.41, 5.74) is 1.70. The maximum atomic E-state index is 11.9. The Morgan fingerprint density at radius 3 is 2.84 bits per heavy atom. The molecule has 5 heteroatoms. The minimum atomic E-state index is -0.313. The minimum Gasteiger partial charge on any atom is -0.346 e. The van der Waals surface area contributed by atoms with Crippen molar-refractivity contribution >= 4 is 11.6 Å². The zero-order valence-electron chi connectivity index (χ0n) is 11.3. The lowest BCUT2D eigenvalue weighted by Crippen LogP contribution is -2.28. The van der Waals surface area contributed by atoms with Gasteiger partial charge in [0.15, 0.2) is 6.29 Å². The lowest BCUT2D eigenvalue weighted by Gasteiger charge is -2.14. The van der Waals surface area contributed by atoms with E-state index in [0.29, 0.717) is 19.8 Å². The zero-order valence-corrected chi connectivity index (χ0v) is 11.3. The van der Waals surface area contributed by atoms with Gasteiger partial charge < -0.3 is 20.1 Å². The van der Waals surface area contributed by atoms with Crippen molar-refractivity contribution in [3.05, 3.63) is 29.8 Å². The fourth-order valence-electron chi connectivity index (χ4n) is 1.98. The molecule has 0 bridgehead atoms. The van der Waals surface area contributed by atoms with Crippen molar-refractivity contribution in [3.63, 3.8) is 0 Å². The van der Waals surface area contributed by atoms with E-state index in [-0.39, 0.29) is 18.1 Å². The van der Waals surface area contributed by atoms with E-state index in [1.807, 2.05) is 38.2 Å². The van der Waals surface area contributed by atoms with Crippen LogP contribution in [0.3, 0.4) is 0 Å². The van der Waals surface area contributed by atoms with Gasteiger partial charge in [0, 0.05) is 23.7 Å². The van der Waals surface area contributed by atoms with Gasteiger partial charge in [-0.2, -0.15) is 0 Å². The van der Waals surface area contributed by atoms with Crippen LogP contribution in [0, 0.1) is 5.92 Å². The number of carbonyl (C=O) groups excluding carboxylic acids is 1. The van der Waals surface area contributed by atoms with Gasteiger partial charge in [-0.25, -0.2) is 0 Å². The minimum absolute atomic E-state index is 0.000223. The lowest BCUT2D eigenvalue weighted by atomic mass is 10.1. The van der Waals surface area contributed by atoms with E-state index in [1.54, 1.807) is 0 Å². The molecule has 19 heavy (non-hydrogen) atoms. The molecule has 0 radical (unpaired) electrons. The first-order valence-electron chi connectivity index (χ1n) is 6.49. The number of rotatable bonds is 5. The molecule has 5 nitrogen and oxygen atoms in total. The van der Waals surface area contributed by atoms with E-state index >= 15 is 0 Å². The zero-order chi connectivity index (χ0) is 13.7.